The number of anilines is 1. The third kappa shape index (κ3) is 3.16. The van der Waals surface area contributed by atoms with Crippen LogP contribution in [0.1, 0.15) is 25.8 Å². The molecular formula is C14H21ClN2O. The van der Waals surface area contributed by atoms with Crippen LogP contribution in [0.15, 0.2) is 18.2 Å². The van der Waals surface area contributed by atoms with Crippen LogP contribution in [-0.2, 0) is 11.3 Å². The molecule has 100 valence electrons. The van der Waals surface area contributed by atoms with Crippen LogP contribution < -0.4 is 5.73 Å². The Morgan fingerprint density at radius 1 is 1.50 bits per heavy atom. The number of nitrogens with zero attached hydrogens (tertiary/aromatic N) is 1. The molecule has 2 rings (SSSR count). The molecule has 0 radical (unpaired) electrons. The number of rotatable bonds is 3. The van der Waals surface area contributed by atoms with Crippen molar-refractivity contribution < 1.29 is 4.74 Å². The van der Waals surface area contributed by atoms with Crippen molar-refractivity contribution in [3.05, 3.63) is 28.8 Å². The maximum atomic E-state index is 6.24. The van der Waals surface area contributed by atoms with E-state index in [0.717, 1.165) is 36.7 Å². The van der Waals surface area contributed by atoms with Crippen LogP contribution in [0.5, 0.6) is 0 Å². The molecule has 0 spiro atoms. The van der Waals surface area contributed by atoms with Gasteiger partial charge in [0.25, 0.3) is 0 Å². The number of hydrogen-bond donors (Lipinski definition) is 1. The number of nitrogen functional groups attached to an aromatic ring is 1. The Kier molecular flexibility index (Phi) is 4.49. The molecule has 1 aromatic carbocycles. The quantitative estimate of drug-likeness (QED) is 0.857. The molecule has 0 aliphatic carbocycles. The summed E-state index contributed by atoms with van der Waals surface area (Å²) in [6.07, 6.45) is 1.39. The van der Waals surface area contributed by atoms with Gasteiger partial charge < -0.3 is 10.5 Å². The van der Waals surface area contributed by atoms with Gasteiger partial charge in [0.2, 0.25) is 0 Å². The highest BCUT2D eigenvalue weighted by Gasteiger charge is 2.25. The van der Waals surface area contributed by atoms with E-state index in [2.05, 4.69) is 18.7 Å². The molecule has 1 aromatic rings. The molecule has 2 atom stereocenters. The van der Waals surface area contributed by atoms with Crippen molar-refractivity contribution in [1.82, 2.24) is 4.90 Å². The Balaban J connectivity index is 2.10. The average molecular weight is 269 g/mol. The Morgan fingerprint density at radius 3 is 2.94 bits per heavy atom. The van der Waals surface area contributed by atoms with Gasteiger partial charge in [-0.05, 0) is 31.0 Å². The van der Waals surface area contributed by atoms with Crippen molar-refractivity contribution in [1.29, 1.82) is 0 Å². The third-order valence-corrected chi connectivity index (χ3v) is 3.85. The first-order chi connectivity index (χ1) is 8.60. The minimum Gasteiger partial charge on any atom is -0.399 e. The van der Waals surface area contributed by atoms with E-state index in [1.54, 1.807) is 0 Å². The van der Waals surface area contributed by atoms with E-state index in [4.69, 9.17) is 22.1 Å². The molecule has 1 saturated heterocycles. The number of halogens is 1. The summed E-state index contributed by atoms with van der Waals surface area (Å²) >= 11 is 6.24. The maximum Gasteiger partial charge on any atom is 0.0674 e. The second kappa shape index (κ2) is 5.91. The summed E-state index contributed by atoms with van der Waals surface area (Å²) in [7, 11) is 0. The molecule has 0 bridgehead atoms. The highest BCUT2D eigenvalue weighted by molar-refractivity contribution is 6.31. The van der Waals surface area contributed by atoms with E-state index in [9.17, 15) is 0 Å². The van der Waals surface area contributed by atoms with Gasteiger partial charge in [0.15, 0.2) is 0 Å². The van der Waals surface area contributed by atoms with Gasteiger partial charge in [-0.25, -0.2) is 0 Å². The molecule has 1 aliphatic heterocycles. The van der Waals surface area contributed by atoms with Crippen molar-refractivity contribution in [3.63, 3.8) is 0 Å². The van der Waals surface area contributed by atoms with E-state index in [1.165, 1.54) is 0 Å². The molecule has 0 saturated carbocycles. The minimum atomic E-state index is 0.292. The van der Waals surface area contributed by atoms with E-state index in [-0.39, 0.29) is 0 Å². The lowest BCUT2D eigenvalue weighted by atomic mass is 10.1. The van der Waals surface area contributed by atoms with E-state index in [0.29, 0.717) is 17.8 Å². The van der Waals surface area contributed by atoms with Crippen LogP contribution in [-0.4, -0.2) is 30.2 Å². The predicted molar refractivity (Wildman–Crippen MR) is 75.8 cm³/mol. The summed E-state index contributed by atoms with van der Waals surface area (Å²) in [6, 6.07) is 6.23. The van der Waals surface area contributed by atoms with Crippen molar-refractivity contribution in [3.8, 4) is 0 Å². The second-order valence-corrected chi connectivity index (χ2v) is 5.39. The summed E-state index contributed by atoms with van der Waals surface area (Å²) < 4.78 is 5.70. The largest absolute Gasteiger partial charge is 0.399 e. The van der Waals surface area contributed by atoms with Gasteiger partial charge in [-0.2, -0.15) is 0 Å². The van der Waals surface area contributed by atoms with Gasteiger partial charge in [-0.3, -0.25) is 4.90 Å². The summed E-state index contributed by atoms with van der Waals surface area (Å²) in [5, 5.41) is 0.754. The molecule has 0 aromatic heterocycles. The lowest BCUT2D eigenvalue weighted by Gasteiger charge is -2.38. The predicted octanol–water partition coefficient (Wildman–Crippen LogP) is 2.92. The van der Waals surface area contributed by atoms with Gasteiger partial charge in [0.1, 0.15) is 0 Å². The van der Waals surface area contributed by atoms with E-state index in [1.807, 2.05) is 18.2 Å². The normalized spacial score (nSPS) is 25.3. The lowest BCUT2D eigenvalue weighted by molar-refractivity contribution is -0.0591. The van der Waals surface area contributed by atoms with Gasteiger partial charge in [-0.1, -0.05) is 24.6 Å². The number of nitrogens with two attached hydrogens (primary N) is 1. The first-order valence-corrected chi connectivity index (χ1v) is 6.87. The number of hydrogen-bond acceptors (Lipinski definition) is 3. The van der Waals surface area contributed by atoms with Gasteiger partial charge in [0.05, 0.1) is 12.7 Å². The Morgan fingerprint density at radius 2 is 2.28 bits per heavy atom. The van der Waals surface area contributed by atoms with Crippen molar-refractivity contribution in [2.24, 2.45) is 0 Å². The van der Waals surface area contributed by atoms with Gasteiger partial charge >= 0.3 is 0 Å². The molecule has 2 unspecified atom stereocenters. The highest BCUT2D eigenvalue weighted by Crippen LogP contribution is 2.24. The fourth-order valence-electron chi connectivity index (χ4n) is 2.39. The molecule has 0 amide bonds. The molecule has 1 fully saturated rings. The van der Waals surface area contributed by atoms with Gasteiger partial charge in [-0.15, -0.1) is 0 Å². The van der Waals surface area contributed by atoms with E-state index < -0.39 is 0 Å². The summed E-state index contributed by atoms with van der Waals surface area (Å²) in [4.78, 5) is 2.45. The van der Waals surface area contributed by atoms with Crippen LogP contribution in [0.4, 0.5) is 5.69 Å². The zero-order valence-corrected chi connectivity index (χ0v) is 11.8. The number of benzene rings is 1. The summed E-state index contributed by atoms with van der Waals surface area (Å²) in [6.45, 7) is 6.94. The van der Waals surface area contributed by atoms with Gasteiger partial charge in [0, 0.05) is 29.8 Å². The average Bonchev–Trinajstić information content (AvgIpc) is 2.33. The SMILES string of the molecule is CCC1COC(C)CN1Cc1ccc(N)cc1Cl. The van der Waals surface area contributed by atoms with E-state index >= 15 is 0 Å². The molecule has 1 aliphatic rings. The zero-order valence-electron chi connectivity index (χ0n) is 11.0. The molecule has 3 nitrogen and oxygen atoms in total. The summed E-state index contributed by atoms with van der Waals surface area (Å²) in [5.41, 5.74) is 7.57. The van der Waals surface area contributed by atoms with Crippen LogP contribution in [0, 0.1) is 0 Å². The standard InChI is InChI=1S/C14H21ClN2O/c1-3-13-9-18-10(2)7-17(13)8-11-4-5-12(16)6-14(11)15/h4-6,10,13H,3,7-9,16H2,1-2H3. The second-order valence-electron chi connectivity index (χ2n) is 4.99. The zero-order chi connectivity index (χ0) is 13.1. The molecular weight excluding hydrogens is 248 g/mol. The van der Waals surface area contributed by atoms with Crippen molar-refractivity contribution in [2.45, 2.75) is 39.0 Å². The Labute approximate surface area is 114 Å². The highest BCUT2D eigenvalue weighted by atomic mass is 35.5. The topological polar surface area (TPSA) is 38.5 Å². The van der Waals surface area contributed by atoms with Crippen LogP contribution >= 0.6 is 11.6 Å². The van der Waals surface area contributed by atoms with Crippen LogP contribution in [0.2, 0.25) is 5.02 Å². The maximum absolute atomic E-state index is 6.24. The fraction of sp³-hybridized carbons (Fsp3) is 0.571. The molecule has 4 heteroatoms. The van der Waals surface area contributed by atoms with Crippen LogP contribution in [0.3, 0.4) is 0 Å². The van der Waals surface area contributed by atoms with Crippen molar-refractivity contribution >= 4 is 17.3 Å². The Hall–Kier alpha value is -0.770. The fourth-order valence-corrected chi connectivity index (χ4v) is 2.64. The number of morpholine rings is 1. The smallest absolute Gasteiger partial charge is 0.0674 e. The molecule has 2 N–H and O–H groups in total. The van der Waals surface area contributed by atoms with Crippen LogP contribution in [0.25, 0.3) is 0 Å². The molecule has 18 heavy (non-hydrogen) atoms. The Bertz CT molecular complexity index is 411. The monoisotopic (exact) mass is 268 g/mol. The van der Waals surface area contributed by atoms with Crippen molar-refractivity contribution in [2.75, 3.05) is 18.9 Å². The third-order valence-electron chi connectivity index (χ3n) is 3.50. The molecule has 1 heterocycles. The first kappa shape index (κ1) is 13.7. The minimum absolute atomic E-state index is 0.292. The summed E-state index contributed by atoms with van der Waals surface area (Å²) in [5.74, 6) is 0. The first-order valence-electron chi connectivity index (χ1n) is 6.49. The lowest BCUT2D eigenvalue weighted by Crippen LogP contribution is -2.47. The number of ether oxygens (including phenoxy) is 1.